The van der Waals surface area contributed by atoms with Crippen molar-refractivity contribution in [2.45, 2.75) is 26.8 Å². The zero-order valence-electron chi connectivity index (χ0n) is 9.16. The molecule has 1 aromatic carbocycles. The van der Waals surface area contributed by atoms with Gasteiger partial charge in [-0.2, -0.15) is 0 Å². The number of benzene rings is 1. The number of rotatable bonds is 3. The van der Waals surface area contributed by atoms with Crippen molar-refractivity contribution < 1.29 is 4.79 Å². The smallest absolute Gasteiger partial charge is 0.135 e. The molecule has 0 aliphatic heterocycles. The first-order chi connectivity index (χ1) is 7.22. The number of aromatic nitrogens is 1. The molecule has 0 bridgehead atoms. The predicted molar refractivity (Wildman–Crippen MR) is 62.0 cm³/mol. The molecule has 0 amide bonds. The Morgan fingerprint density at radius 3 is 2.73 bits per heavy atom. The van der Waals surface area contributed by atoms with Crippen molar-refractivity contribution in [3.05, 3.63) is 36.0 Å². The van der Waals surface area contributed by atoms with Gasteiger partial charge in [-0.1, -0.05) is 18.2 Å². The number of fused-ring (bicyclic) bond motifs is 1. The number of Topliss-reactive ketones (excluding diaryl/α,β-unsaturated/α-hetero) is 1. The fraction of sp³-hybridized carbons (Fsp3) is 0.308. The van der Waals surface area contributed by atoms with Gasteiger partial charge in [0.15, 0.2) is 0 Å². The van der Waals surface area contributed by atoms with Crippen molar-refractivity contribution in [2.75, 3.05) is 0 Å². The van der Waals surface area contributed by atoms with Gasteiger partial charge in [0.1, 0.15) is 5.78 Å². The van der Waals surface area contributed by atoms with Crippen molar-refractivity contribution in [1.82, 2.24) is 4.57 Å². The highest BCUT2D eigenvalue weighted by Crippen LogP contribution is 2.20. The number of hydrogen-bond acceptors (Lipinski definition) is 1. The Kier molecular flexibility index (Phi) is 2.58. The fourth-order valence-corrected chi connectivity index (χ4v) is 2.04. The minimum atomic E-state index is 0.215. The average Bonchev–Trinajstić information content (AvgIpc) is 2.53. The molecule has 2 rings (SSSR count). The summed E-state index contributed by atoms with van der Waals surface area (Å²) in [5, 5.41) is 1.22. The number of para-hydroxylation sites is 1. The van der Waals surface area contributed by atoms with E-state index in [0.29, 0.717) is 6.42 Å². The second-order valence-electron chi connectivity index (χ2n) is 3.82. The molecule has 15 heavy (non-hydrogen) atoms. The van der Waals surface area contributed by atoms with Crippen LogP contribution in [-0.2, 0) is 17.8 Å². The summed E-state index contributed by atoms with van der Waals surface area (Å²) < 4.78 is 2.21. The molecule has 0 spiro atoms. The Bertz CT molecular complexity index is 496. The molecule has 0 unspecified atom stereocenters. The van der Waals surface area contributed by atoms with Gasteiger partial charge in [-0.05, 0) is 31.4 Å². The summed E-state index contributed by atoms with van der Waals surface area (Å²) in [6, 6.07) is 10.4. The zero-order chi connectivity index (χ0) is 10.8. The summed E-state index contributed by atoms with van der Waals surface area (Å²) >= 11 is 0. The molecule has 0 N–H and O–H groups in total. The molecule has 78 valence electrons. The normalized spacial score (nSPS) is 10.8. The number of ketones is 1. The van der Waals surface area contributed by atoms with Gasteiger partial charge in [0.2, 0.25) is 0 Å². The van der Waals surface area contributed by atoms with Crippen LogP contribution in [-0.4, -0.2) is 10.4 Å². The highest BCUT2D eigenvalue weighted by molar-refractivity contribution is 5.84. The highest BCUT2D eigenvalue weighted by Gasteiger charge is 2.08. The molecule has 1 aromatic heterocycles. The Morgan fingerprint density at radius 2 is 2.07 bits per heavy atom. The van der Waals surface area contributed by atoms with E-state index >= 15 is 0 Å². The van der Waals surface area contributed by atoms with E-state index in [1.165, 1.54) is 10.9 Å². The molecule has 2 heteroatoms. The first kappa shape index (κ1) is 9.97. The summed E-state index contributed by atoms with van der Waals surface area (Å²) in [4.78, 5) is 11.1. The van der Waals surface area contributed by atoms with Crippen LogP contribution in [0.15, 0.2) is 30.3 Å². The zero-order valence-corrected chi connectivity index (χ0v) is 9.16. The minimum Gasteiger partial charge on any atom is -0.344 e. The predicted octanol–water partition coefficient (Wildman–Crippen LogP) is 2.79. The van der Waals surface area contributed by atoms with Gasteiger partial charge >= 0.3 is 0 Å². The number of aryl methyl sites for hydroxylation is 1. The lowest BCUT2D eigenvalue weighted by atomic mass is 10.2. The summed E-state index contributed by atoms with van der Waals surface area (Å²) in [5.74, 6) is 0.215. The maximum atomic E-state index is 11.1. The number of carbonyl (C=O) groups is 1. The van der Waals surface area contributed by atoms with Crippen LogP contribution in [0.2, 0.25) is 0 Å². The average molecular weight is 201 g/mol. The van der Waals surface area contributed by atoms with Gasteiger partial charge in [-0.25, -0.2) is 0 Å². The summed E-state index contributed by atoms with van der Waals surface area (Å²) in [5.41, 5.74) is 2.34. The molecule has 0 saturated carbocycles. The van der Waals surface area contributed by atoms with Gasteiger partial charge in [-0.3, -0.25) is 4.79 Å². The molecule has 0 radical (unpaired) electrons. The third-order valence-corrected chi connectivity index (χ3v) is 2.64. The van der Waals surface area contributed by atoms with Gasteiger partial charge < -0.3 is 4.57 Å². The Labute approximate surface area is 89.5 Å². The second kappa shape index (κ2) is 3.89. The van der Waals surface area contributed by atoms with E-state index < -0.39 is 0 Å². The van der Waals surface area contributed by atoms with E-state index in [-0.39, 0.29) is 5.78 Å². The fourth-order valence-electron chi connectivity index (χ4n) is 2.04. The van der Waals surface area contributed by atoms with Crippen LogP contribution < -0.4 is 0 Å². The van der Waals surface area contributed by atoms with E-state index in [1.807, 2.05) is 12.1 Å². The van der Waals surface area contributed by atoms with Crippen molar-refractivity contribution in [3.8, 4) is 0 Å². The number of nitrogens with zero attached hydrogens (tertiary/aromatic N) is 1. The van der Waals surface area contributed by atoms with Crippen molar-refractivity contribution in [1.29, 1.82) is 0 Å². The maximum Gasteiger partial charge on any atom is 0.135 e. The SMILES string of the molecule is CCn1c(CC(C)=O)cc2ccccc21. The third-order valence-electron chi connectivity index (χ3n) is 2.64. The Morgan fingerprint density at radius 1 is 1.33 bits per heavy atom. The molecular formula is C13H15NO. The lowest BCUT2D eigenvalue weighted by Crippen LogP contribution is -2.04. The largest absolute Gasteiger partial charge is 0.344 e. The summed E-state index contributed by atoms with van der Waals surface area (Å²) in [6.45, 7) is 4.66. The molecule has 0 atom stereocenters. The van der Waals surface area contributed by atoms with Crippen molar-refractivity contribution in [2.24, 2.45) is 0 Å². The van der Waals surface area contributed by atoms with E-state index in [0.717, 1.165) is 12.2 Å². The van der Waals surface area contributed by atoms with Gasteiger partial charge in [0.25, 0.3) is 0 Å². The Balaban J connectivity index is 2.58. The molecule has 2 nitrogen and oxygen atoms in total. The van der Waals surface area contributed by atoms with Crippen LogP contribution in [0, 0.1) is 0 Å². The van der Waals surface area contributed by atoms with Crippen LogP contribution >= 0.6 is 0 Å². The van der Waals surface area contributed by atoms with Crippen LogP contribution in [0.25, 0.3) is 10.9 Å². The van der Waals surface area contributed by atoms with Gasteiger partial charge in [0.05, 0.1) is 0 Å². The lowest BCUT2D eigenvalue weighted by molar-refractivity contribution is -0.116. The van der Waals surface area contributed by atoms with E-state index in [4.69, 9.17) is 0 Å². The molecular weight excluding hydrogens is 186 g/mol. The first-order valence-corrected chi connectivity index (χ1v) is 5.29. The first-order valence-electron chi connectivity index (χ1n) is 5.29. The number of carbonyl (C=O) groups excluding carboxylic acids is 1. The van der Waals surface area contributed by atoms with Gasteiger partial charge in [0, 0.05) is 24.2 Å². The van der Waals surface area contributed by atoms with E-state index in [1.54, 1.807) is 6.92 Å². The van der Waals surface area contributed by atoms with E-state index in [9.17, 15) is 4.79 Å². The molecule has 0 aliphatic rings. The third kappa shape index (κ3) is 1.80. The van der Waals surface area contributed by atoms with Crippen LogP contribution in [0.3, 0.4) is 0 Å². The number of hydrogen-bond donors (Lipinski definition) is 0. The summed E-state index contributed by atoms with van der Waals surface area (Å²) in [7, 11) is 0. The summed E-state index contributed by atoms with van der Waals surface area (Å²) in [6.07, 6.45) is 0.530. The molecule has 0 aliphatic carbocycles. The molecule has 1 heterocycles. The molecule has 0 saturated heterocycles. The van der Waals surface area contributed by atoms with Crippen molar-refractivity contribution in [3.63, 3.8) is 0 Å². The quantitative estimate of drug-likeness (QED) is 0.748. The topological polar surface area (TPSA) is 22.0 Å². The van der Waals surface area contributed by atoms with Crippen LogP contribution in [0.5, 0.6) is 0 Å². The highest BCUT2D eigenvalue weighted by atomic mass is 16.1. The van der Waals surface area contributed by atoms with E-state index in [2.05, 4.69) is 29.7 Å². The lowest BCUT2D eigenvalue weighted by Gasteiger charge is -2.05. The maximum absolute atomic E-state index is 11.1. The minimum absolute atomic E-state index is 0.215. The molecule has 0 fully saturated rings. The van der Waals surface area contributed by atoms with Gasteiger partial charge in [-0.15, -0.1) is 0 Å². The molecule has 2 aromatic rings. The second-order valence-corrected chi connectivity index (χ2v) is 3.82. The monoisotopic (exact) mass is 201 g/mol. The van der Waals surface area contributed by atoms with Crippen molar-refractivity contribution >= 4 is 16.7 Å². The Hall–Kier alpha value is -1.57. The van der Waals surface area contributed by atoms with Crippen LogP contribution in [0.1, 0.15) is 19.5 Å². The standard InChI is InChI=1S/C13H15NO/c1-3-14-12(8-10(2)15)9-11-6-4-5-7-13(11)14/h4-7,9H,3,8H2,1-2H3. The van der Waals surface area contributed by atoms with Crippen LogP contribution in [0.4, 0.5) is 0 Å².